The Bertz CT molecular complexity index is 491. The van der Waals surface area contributed by atoms with Gasteiger partial charge in [0.2, 0.25) is 5.91 Å². The summed E-state index contributed by atoms with van der Waals surface area (Å²) >= 11 is 1.60. The van der Waals surface area contributed by atoms with Crippen molar-refractivity contribution in [2.45, 2.75) is 45.1 Å². The predicted octanol–water partition coefficient (Wildman–Crippen LogP) is 2.04. The van der Waals surface area contributed by atoms with E-state index in [2.05, 4.69) is 34.7 Å². The molecule has 22 heavy (non-hydrogen) atoms. The molecule has 0 aliphatic heterocycles. The number of nitrogens with one attached hydrogen (secondary N) is 3. The smallest absolute Gasteiger partial charge is 0.312 e. The second-order valence-corrected chi connectivity index (χ2v) is 6.22. The first-order valence-electron chi connectivity index (χ1n) is 7.39. The average molecular weight is 327 g/mol. The zero-order chi connectivity index (χ0) is 16.5. The van der Waals surface area contributed by atoms with E-state index in [1.165, 1.54) is 0 Å². The third-order valence-electron chi connectivity index (χ3n) is 3.35. The molecule has 0 spiro atoms. The summed E-state index contributed by atoms with van der Waals surface area (Å²) in [6, 6.07) is 0.465. The molecule has 1 rings (SSSR count). The predicted molar refractivity (Wildman–Crippen MR) is 90.0 cm³/mol. The van der Waals surface area contributed by atoms with Gasteiger partial charge in [-0.2, -0.15) is 16.9 Å². The lowest BCUT2D eigenvalue weighted by Crippen LogP contribution is -2.46. The summed E-state index contributed by atoms with van der Waals surface area (Å²) in [5.74, 6) is 1.26. The van der Waals surface area contributed by atoms with E-state index in [9.17, 15) is 9.59 Å². The van der Waals surface area contributed by atoms with Crippen LogP contribution < -0.4 is 16.4 Å². The van der Waals surface area contributed by atoms with Gasteiger partial charge in [0, 0.05) is 11.8 Å². The molecule has 8 heteroatoms. The second kappa shape index (κ2) is 9.34. The molecule has 5 N–H and O–H groups in total. The number of nitrogens with zero attached hydrogens (tertiary/aromatic N) is 1. The van der Waals surface area contributed by atoms with E-state index in [1.807, 2.05) is 12.3 Å². The van der Waals surface area contributed by atoms with E-state index in [-0.39, 0.29) is 5.91 Å². The summed E-state index contributed by atoms with van der Waals surface area (Å²) < 4.78 is 0. The number of carbonyl (C=O) groups excluding carboxylic acids is 2. The quantitative estimate of drug-likeness (QED) is 0.556. The van der Waals surface area contributed by atoms with E-state index in [0.717, 1.165) is 24.3 Å². The highest BCUT2D eigenvalue weighted by Crippen LogP contribution is 2.20. The number of anilines is 1. The number of aromatic amines is 1. The topological polar surface area (TPSA) is 113 Å². The van der Waals surface area contributed by atoms with Crippen LogP contribution in [-0.2, 0) is 4.79 Å². The Hall–Kier alpha value is -1.70. The normalized spacial score (nSPS) is 13.4. The molecular weight excluding hydrogens is 302 g/mol. The lowest BCUT2D eigenvalue weighted by atomic mass is 10.0. The number of hydrogen-bond acceptors (Lipinski definition) is 4. The van der Waals surface area contributed by atoms with Crippen LogP contribution in [0.2, 0.25) is 0 Å². The van der Waals surface area contributed by atoms with Gasteiger partial charge in [0.15, 0.2) is 5.82 Å². The molecule has 0 bridgehead atoms. The van der Waals surface area contributed by atoms with Crippen LogP contribution in [0, 0.1) is 0 Å². The van der Waals surface area contributed by atoms with Crippen LogP contribution in [0.1, 0.15) is 44.7 Å². The number of primary amides is 1. The standard InChI is InChI=1S/C14H25N5O2S/c1-4-5-9(2)11-8-12(19-18-11)17-13(20)10(6-7-22-3)16-14(15)21/h8-10H,4-7H2,1-3H3,(H3,15,16,21)(H2,17,18,19,20)/t9-,10+/m0/s1. The molecule has 124 valence electrons. The van der Waals surface area contributed by atoms with Gasteiger partial charge >= 0.3 is 6.03 Å². The number of aromatic nitrogens is 2. The number of H-pyrrole nitrogens is 1. The highest BCUT2D eigenvalue weighted by atomic mass is 32.2. The van der Waals surface area contributed by atoms with Crippen LogP contribution in [0.4, 0.5) is 10.6 Å². The summed E-state index contributed by atoms with van der Waals surface area (Å²) in [6.07, 6.45) is 4.59. The van der Waals surface area contributed by atoms with Crippen molar-refractivity contribution in [3.8, 4) is 0 Å². The molecule has 0 aliphatic carbocycles. The summed E-state index contributed by atoms with van der Waals surface area (Å²) in [5.41, 5.74) is 6.10. The maximum Gasteiger partial charge on any atom is 0.312 e. The molecule has 1 aromatic rings. The Morgan fingerprint density at radius 3 is 2.77 bits per heavy atom. The third-order valence-corrected chi connectivity index (χ3v) is 3.99. The van der Waals surface area contributed by atoms with Crippen LogP contribution in [0.15, 0.2) is 6.07 Å². The van der Waals surface area contributed by atoms with Crippen LogP contribution >= 0.6 is 11.8 Å². The van der Waals surface area contributed by atoms with Gasteiger partial charge in [0.1, 0.15) is 6.04 Å². The van der Waals surface area contributed by atoms with E-state index in [4.69, 9.17) is 5.73 Å². The minimum absolute atomic E-state index is 0.311. The molecule has 0 saturated heterocycles. The minimum Gasteiger partial charge on any atom is -0.352 e. The fraction of sp³-hybridized carbons (Fsp3) is 0.643. The SMILES string of the molecule is CCC[C@H](C)c1cc(NC(=O)[C@@H](CCSC)NC(N)=O)n[nH]1. The van der Waals surface area contributed by atoms with Crippen molar-refractivity contribution in [3.63, 3.8) is 0 Å². The molecule has 3 amide bonds. The van der Waals surface area contributed by atoms with E-state index in [0.29, 0.717) is 18.2 Å². The van der Waals surface area contributed by atoms with Gasteiger partial charge in [-0.15, -0.1) is 0 Å². The summed E-state index contributed by atoms with van der Waals surface area (Å²) in [7, 11) is 0. The number of thioether (sulfide) groups is 1. The molecular formula is C14H25N5O2S. The number of urea groups is 1. The summed E-state index contributed by atoms with van der Waals surface area (Å²) in [6.45, 7) is 4.24. The first-order valence-corrected chi connectivity index (χ1v) is 8.78. The lowest BCUT2D eigenvalue weighted by molar-refractivity contribution is -0.118. The summed E-state index contributed by atoms with van der Waals surface area (Å²) in [4.78, 5) is 23.2. The summed E-state index contributed by atoms with van der Waals surface area (Å²) in [5, 5.41) is 12.2. The Morgan fingerprint density at radius 1 is 1.45 bits per heavy atom. The van der Waals surface area contributed by atoms with E-state index >= 15 is 0 Å². The largest absolute Gasteiger partial charge is 0.352 e. The van der Waals surface area contributed by atoms with Gasteiger partial charge in [0.25, 0.3) is 0 Å². The first kappa shape index (κ1) is 18.3. The second-order valence-electron chi connectivity index (χ2n) is 5.23. The molecule has 0 radical (unpaired) electrons. The van der Waals surface area contributed by atoms with Gasteiger partial charge in [0.05, 0.1) is 0 Å². The third kappa shape index (κ3) is 5.97. The average Bonchev–Trinajstić information content (AvgIpc) is 2.91. The molecule has 0 saturated carbocycles. The number of rotatable bonds is 9. The highest BCUT2D eigenvalue weighted by molar-refractivity contribution is 7.98. The number of amides is 3. The van der Waals surface area contributed by atoms with Gasteiger partial charge in [-0.25, -0.2) is 4.79 Å². The Morgan fingerprint density at radius 2 is 2.18 bits per heavy atom. The maximum atomic E-state index is 12.2. The lowest BCUT2D eigenvalue weighted by Gasteiger charge is -2.15. The fourth-order valence-corrected chi connectivity index (χ4v) is 2.60. The van der Waals surface area contributed by atoms with Crippen LogP contribution in [-0.4, -0.2) is 40.2 Å². The van der Waals surface area contributed by atoms with Gasteiger partial charge < -0.3 is 16.4 Å². The van der Waals surface area contributed by atoms with E-state index in [1.54, 1.807) is 11.8 Å². The van der Waals surface area contributed by atoms with Crippen LogP contribution in [0.5, 0.6) is 0 Å². The Labute approximate surface area is 135 Å². The van der Waals surface area contributed by atoms with Crippen molar-refractivity contribution >= 4 is 29.5 Å². The van der Waals surface area contributed by atoms with Crippen molar-refractivity contribution in [1.29, 1.82) is 0 Å². The minimum atomic E-state index is -0.708. The Kier molecular flexibility index (Phi) is 7.79. The number of carbonyl (C=O) groups is 2. The molecule has 0 unspecified atom stereocenters. The van der Waals surface area contributed by atoms with Crippen LogP contribution in [0.25, 0.3) is 0 Å². The molecule has 0 aliphatic rings. The maximum absolute atomic E-state index is 12.2. The molecule has 0 aromatic carbocycles. The van der Waals surface area contributed by atoms with E-state index < -0.39 is 12.1 Å². The highest BCUT2D eigenvalue weighted by Gasteiger charge is 2.20. The number of nitrogens with two attached hydrogens (primary N) is 1. The van der Waals surface area contributed by atoms with Crippen LogP contribution in [0.3, 0.4) is 0 Å². The first-order chi connectivity index (χ1) is 10.5. The fourth-order valence-electron chi connectivity index (χ4n) is 2.13. The van der Waals surface area contributed by atoms with Crippen molar-refractivity contribution in [2.75, 3.05) is 17.3 Å². The van der Waals surface area contributed by atoms with Crippen molar-refractivity contribution in [3.05, 3.63) is 11.8 Å². The molecule has 1 heterocycles. The Balaban J connectivity index is 2.66. The van der Waals surface area contributed by atoms with Gasteiger partial charge in [-0.05, 0) is 30.8 Å². The molecule has 1 aromatic heterocycles. The van der Waals surface area contributed by atoms with Gasteiger partial charge in [-0.3, -0.25) is 9.89 Å². The zero-order valence-electron chi connectivity index (χ0n) is 13.3. The monoisotopic (exact) mass is 327 g/mol. The zero-order valence-corrected chi connectivity index (χ0v) is 14.1. The molecule has 7 nitrogen and oxygen atoms in total. The van der Waals surface area contributed by atoms with Crippen molar-refractivity contribution in [2.24, 2.45) is 5.73 Å². The number of hydrogen-bond donors (Lipinski definition) is 4. The van der Waals surface area contributed by atoms with Gasteiger partial charge in [-0.1, -0.05) is 20.3 Å². The molecule has 0 fully saturated rings. The molecule has 2 atom stereocenters. The van der Waals surface area contributed by atoms with Crippen molar-refractivity contribution < 1.29 is 9.59 Å². The van der Waals surface area contributed by atoms with Crippen molar-refractivity contribution in [1.82, 2.24) is 15.5 Å².